The summed E-state index contributed by atoms with van der Waals surface area (Å²) >= 11 is 5.32. The molecule has 3 rings (SSSR count). The van der Waals surface area contributed by atoms with Gasteiger partial charge in [-0.05, 0) is 12.1 Å². The van der Waals surface area contributed by atoms with E-state index in [1.54, 1.807) is 0 Å². The van der Waals surface area contributed by atoms with Gasteiger partial charge in [-0.25, -0.2) is 9.19 Å². The van der Waals surface area contributed by atoms with Crippen LogP contribution in [0.25, 0.3) is 0 Å². The molecule has 0 spiro atoms. The Hall–Kier alpha value is 0.290. The predicted molar refractivity (Wildman–Crippen MR) is 101 cm³/mol. The first kappa shape index (κ1) is 24.3. The molecule has 0 saturated carbocycles. The zero-order valence-corrected chi connectivity index (χ0v) is 19.7. The van der Waals surface area contributed by atoms with Crippen LogP contribution in [0.15, 0.2) is 48.8 Å². The smallest absolute Gasteiger partial charge is 0.201 e. The number of halogens is 4. The van der Waals surface area contributed by atoms with E-state index >= 15 is 0 Å². The summed E-state index contributed by atoms with van der Waals surface area (Å²) in [6.45, 7) is 2.04. The van der Waals surface area contributed by atoms with Crippen LogP contribution in [0, 0.1) is 0 Å². The van der Waals surface area contributed by atoms with E-state index in [-0.39, 0.29) is 40.3 Å². The molecule has 0 aromatic carbocycles. The third-order valence-corrected chi connectivity index (χ3v) is 2.81. The van der Waals surface area contributed by atoms with Crippen molar-refractivity contribution in [1.29, 1.82) is 0 Å². The summed E-state index contributed by atoms with van der Waals surface area (Å²) in [6.07, 6.45) is 3.75. The third-order valence-electron chi connectivity index (χ3n) is 2.81. The molecule has 1 fully saturated rings. The molecule has 0 radical (unpaired) electrons. The monoisotopic (exact) mass is 608 g/mol. The number of rotatable bonds is 3. The first-order valence-corrected chi connectivity index (χ1v) is 11.4. The van der Waals surface area contributed by atoms with Crippen molar-refractivity contribution in [3.8, 4) is 0 Å². The lowest BCUT2D eigenvalue weighted by molar-refractivity contribution is -0.688. The molecule has 0 bridgehead atoms. The average Bonchev–Trinajstić information content (AvgIpc) is 3.02. The van der Waals surface area contributed by atoms with Crippen LogP contribution in [-0.2, 0) is 23.7 Å². The van der Waals surface area contributed by atoms with Crippen molar-refractivity contribution in [2.45, 2.75) is 12.8 Å². The number of ether oxygens (including phenoxy) is 2. The first-order chi connectivity index (χ1) is 10.6. The number of aromatic nitrogens is 2. The van der Waals surface area contributed by atoms with E-state index in [9.17, 15) is 4.21 Å². The van der Waals surface area contributed by atoms with Crippen molar-refractivity contribution in [2.75, 3.05) is 13.2 Å². The zero-order valence-electron chi connectivity index (χ0n) is 12.4. The standard InChI is InChI=1S/C14H15N2O2.Br2OS.2BrH/c1-2-7-16(8-3-1)11-12-5-4-6-13(15-12)14-17-9-10-18-14;1-4(2)3;;/h1-8,14H,9-11H2;;2*1H/q+1;;;/p-1. The van der Waals surface area contributed by atoms with Crippen molar-refractivity contribution >= 4 is 54.3 Å². The topological polar surface area (TPSA) is 52.3 Å². The van der Waals surface area contributed by atoms with Crippen LogP contribution in [0.5, 0.6) is 0 Å². The lowest BCUT2D eigenvalue weighted by Gasteiger charge is -2.08. The molecule has 0 N–H and O–H groups in total. The van der Waals surface area contributed by atoms with Crippen molar-refractivity contribution in [1.82, 2.24) is 4.98 Å². The summed E-state index contributed by atoms with van der Waals surface area (Å²) < 4.78 is 22.4. The second-order valence-corrected chi connectivity index (χ2v) is 10.9. The second kappa shape index (κ2) is 13.5. The van der Waals surface area contributed by atoms with Gasteiger partial charge in [0.15, 0.2) is 26.6 Å². The van der Waals surface area contributed by atoms with Gasteiger partial charge in [0.05, 0.1) is 18.9 Å². The Kier molecular flexibility index (Phi) is 13.7. The molecule has 3 heterocycles. The van der Waals surface area contributed by atoms with Gasteiger partial charge in [0.2, 0.25) is 6.29 Å². The van der Waals surface area contributed by atoms with Gasteiger partial charge in [-0.3, -0.25) is 0 Å². The molecule has 5 nitrogen and oxygen atoms in total. The van der Waals surface area contributed by atoms with Gasteiger partial charge in [-0.2, -0.15) is 4.57 Å². The summed E-state index contributed by atoms with van der Waals surface area (Å²) in [5, 5.41) is 0. The van der Waals surface area contributed by atoms with Crippen LogP contribution >= 0.6 is 46.6 Å². The second-order valence-electron chi connectivity index (χ2n) is 4.36. The Morgan fingerprint density at radius 2 is 1.71 bits per heavy atom. The molecule has 2 aromatic rings. The molecular weight excluding hydrogens is 596 g/mol. The van der Waals surface area contributed by atoms with E-state index in [2.05, 4.69) is 39.2 Å². The molecule has 0 amide bonds. The van der Waals surface area contributed by atoms with Crippen LogP contribution in [-0.4, -0.2) is 22.4 Å². The lowest BCUT2D eigenvalue weighted by Crippen LogP contribution is -3.00. The number of hydrogen-bond donors (Lipinski definition) is 0. The van der Waals surface area contributed by atoms with Crippen LogP contribution in [0.4, 0.5) is 0 Å². The van der Waals surface area contributed by atoms with Gasteiger partial charge in [0, 0.05) is 41.8 Å². The van der Waals surface area contributed by atoms with Gasteiger partial charge in [-0.15, -0.1) is 17.0 Å². The van der Waals surface area contributed by atoms with Crippen molar-refractivity contribution in [3.05, 3.63) is 60.2 Å². The highest BCUT2D eigenvalue weighted by atomic mass is 79.9. The normalized spacial score (nSPS) is 13.5. The summed E-state index contributed by atoms with van der Waals surface area (Å²) in [7, 11) is -0.986. The minimum Gasteiger partial charge on any atom is -1.00 e. The van der Waals surface area contributed by atoms with Crippen LogP contribution < -0.4 is 21.5 Å². The maximum absolute atomic E-state index is 9.39. The van der Waals surface area contributed by atoms with Gasteiger partial charge in [0.25, 0.3) is 0 Å². The Balaban J connectivity index is 0.000000801. The molecule has 1 aliphatic rings. The minimum absolute atomic E-state index is 0. The number of hydrogen-bond acceptors (Lipinski definition) is 4. The Labute approximate surface area is 179 Å². The lowest BCUT2D eigenvalue weighted by atomic mass is 10.3. The zero-order chi connectivity index (χ0) is 15.8. The van der Waals surface area contributed by atoms with E-state index in [4.69, 9.17) is 9.47 Å². The summed E-state index contributed by atoms with van der Waals surface area (Å²) in [4.78, 5) is 4.58. The molecule has 1 aliphatic heterocycles. The molecule has 0 aliphatic carbocycles. The molecular formula is C14H16Br4N2O3S. The van der Waals surface area contributed by atoms with Crippen LogP contribution in [0.3, 0.4) is 0 Å². The molecule has 0 atom stereocenters. The highest BCUT2D eigenvalue weighted by Gasteiger charge is 2.20. The van der Waals surface area contributed by atoms with E-state index < -0.39 is 7.67 Å². The predicted octanol–water partition coefficient (Wildman–Crippen LogP) is 0.400. The van der Waals surface area contributed by atoms with Gasteiger partial charge >= 0.3 is 0 Å². The summed E-state index contributed by atoms with van der Waals surface area (Å²) in [6, 6.07) is 12.0. The first-order valence-electron chi connectivity index (χ1n) is 6.52. The molecule has 134 valence electrons. The molecule has 1 saturated heterocycles. The van der Waals surface area contributed by atoms with E-state index in [1.807, 2.05) is 48.8 Å². The maximum atomic E-state index is 9.39. The van der Waals surface area contributed by atoms with Gasteiger partial charge < -0.3 is 26.5 Å². The number of pyridine rings is 2. The summed E-state index contributed by atoms with van der Waals surface area (Å²) in [5.74, 6) is 0. The highest BCUT2D eigenvalue weighted by Crippen LogP contribution is 2.21. The average molecular weight is 612 g/mol. The van der Waals surface area contributed by atoms with Crippen molar-refractivity contribution in [3.63, 3.8) is 0 Å². The highest BCUT2D eigenvalue weighted by molar-refractivity contribution is 9.78. The fourth-order valence-corrected chi connectivity index (χ4v) is 1.97. The largest absolute Gasteiger partial charge is 1.00 e. The molecule has 10 heteroatoms. The fourth-order valence-electron chi connectivity index (χ4n) is 1.97. The fraction of sp³-hybridized carbons (Fsp3) is 0.286. The molecule has 0 unspecified atom stereocenters. The van der Waals surface area contributed by atoms with Crippen molar-refractivity contribution in [2.24, 2.45) is 0 Å². The van der Waals surface area contributed by atoms with Gasteiger partial charge in [0.1, 0.15) is 5.69 Å². The molecule has 2 aromatic heterocycles. The third kappa shape index (κ3) is 9.12. The van der Waals surface area contributed by atoms with Crippen molar-refractivity contribution < 1.29 is 35.2 Å². The summed E-state index contributed by atoms with van der Waals surface area (Å²) in [5.41, 5.74) is 1.85. The molecule has 24 heavy (non-hydrogen) atoms. The van der Waals surface area contributed by atoms with Crippen LogP contribution in [0.1, 0.15) is 17.7 Å². The minimum atomic E-state index is -0.986. The van der Waals surface area contributed by atoms with E-state index in [0.717, 1.165) is 17.9 Å². The number of nitrogens with zero attached hydrogens (tertiary/aromatic N) is 2. The SMILES string of the molecule is Br.O=S(Br)Br.[Br-].c1cc[n+](Cc2cccc(C3OCCO3)n2)cc1. The van der Waals surface area contributed by atoms with Crippen LogP contribution in [0.2, 0.25) is 0 Å². The Morgan fingerprint density at radius 3 is 2.29 bits per heavy atom. The Bertz CT molecular complexity index is 612. The van der Waals surface area contributed by atoms with E-state index in [0.29, 0.717) is 13.2 Å². The quantitative estimate of drug-likeness (QED) is 0.373. The maximum Gasteiger partial charge on any atom is 0.201 e. The van der Waals surface area contributed by atoms with Gasteiger partial charge in [-0.1, -0.05) is 12.1 Å². The van der Waals surface area contributed by atoms with E-state index in [1.165, 1.54) is 0 Å². The Morgan fingerprint density at radius 1 is 1.12 bits per heavy atom.